The van der Waals surface area contributed by atoms with Gasteiger partial charge in [0.05, 0.1) is 20.6 Å². The largest absolute Gasteiger partial charge is 0.497 e. The van der Waals surface area contributed by atoms with E-state index in [2.05, 4.69) is 5.32 Å². The fourth-order valence-electron chi connectivity index (χ4n) is 2.23. The number of nitrogens with one attached hydrogen (secondary N) is 1. The molecule has 0 bridgehead atoms. The van der Waals surface area contributed by atoms with Gasteiger partial charge < -0.3 is 14.8 Å². The van der Waals surface area contributed by atoms with E-state index in [1.54, 1.807) is 20.3 Å². The molecule has 0 aromatic heterocycles. The number of hydrogen-bond donors (Lipinski definition) is 1. The fourth-order valence-corrected chi connectivity index (χ4v) is 2.36. The second-order valence-electron chi connectivity index (χ2n) is 5.08. The van der Waals surface area contributed by atoms with E-state index >= 15 is 0 Å². The third-order valence-corrected chi connectivity index (χ3v) is 3.75. The Morgan fingerprint density at radius 3 is 2.48 bits per heavy atom. The molecule has 0 saturated heterocycles. The topological polar surface area (TPSA) is 47.6 Å². The number of ether oxygens (including phenoxy) is 2. The van der Waals surface area contributed by atoms with Gasteiger partial charge in [0.2, 0.25) is 5.91 Å². The molecule has 2 aromatic carbocycles. The van der Waals surface area contributed by atoms with E-state index in [-0.39, 0.29) is 12.3 Å². The molecule has 122 valence electrons. The van der Waals surface area contributed by atoms with Gasteiger partial charge in [-0.1, -0.05) is 29.8 Å². The molecule has 4 nitrogen and oxygen atoms in total. The van der Waals surface area contributed by atoms with Crippen LogP contribution in [0.4, 0.5) is 0 Å². The highest BCUT2D eigenvalue weighted by Gasteiger charge is 2.09. The second kappa shape index (κ2) is 8.44. The first-order valence-corrected chi connectivity index (χ1v) is 7.72. The first kappa shape index (κ1) is 17.2. The maximum atomic E-state index is 12.1. The lowest BCUT2D eigenvalue weighted by molar-refractivity contribution is -0.120. The predicted molar refractivity (Wildman–Crippen MR) is 91.4 cm³/mol. The molecule has 0 saturated carbocycles. The Kier molecular flexibility index (Phi) is 6.29. The van der Waals surface area contributed by atoms with Crippen LogP contribution in [0.1, 0.15) is 11.1 Å². The molecule has 0 atom stereocenters. The number of hydrogen-bond acceptors (Lipinski definition) is 3. The number of rotatable bonds is 7. The molecule has 23 heavy (non-hydrogen) atoms. The number of halogens is 1. The Hall–Kier alpha value is -2.20. The Bertz CT molecular complexity index is 656. The predicted octanol–water partition coefficient (Wildman–Crippen LogP) is 3.26. The summed E-state index contributed by atoms with van der Waals surface area (Å²) in [4.78, 5) is 12.1. The van der Waals surface area contributed by atoms with Crippen molar-refractivity contribution < 1.29 is 14.3 Å². The summed E-state index contributed by atoms with van der Waals surface area (Å²) in [6.45, 7) is 0.582. The Labute approximate surface area is 141 Å². The van der Waals surface area contributed by atoms with Gasteiger partial charge in [-0.3, -0.25) is 4.79 Å². The van der Waals surface area contributed by atoms with Crippen molar-refractivity contribution in [3.63, 3.8) is 0 Å². The van der Waals surface area contributed by atoms with Gasteiger partial charge in [-0.15, -0.1) is 0 Å². The van der Waals surface area contributed by atoms with Crippen molar-refractivity contribution in [3.05, 3.63) is 58.6 Å². The van der Waals surface area contributed by atoms with Gasteiger partial charge in [-0.05, 0) is 30.2 Å². The quantitative estimate of drug-likeness (QED) is 0.846. The Morgan fingerprint density at radius 2 is 1.83 bits per heavy atom. The summed E-state index contributed by atoms with van der Waals surface area (Å²) in [5.74, 6) is 1.31. The van der Waals surface area contributed by atoms with E-state index in [9.17, 15) is 4.79 Å². The zero-order valence-electron chi connectivity index (χ0n) is 13.3. The number of methoxy groups -OCH3 is 2. The van der Waals surface area contributed by atoms with Crippen molar-refractivity contribution in [2.75, 3.05) is 20.8 Å². The average Bonchev–Trinajstić information content (AvgIpc) is 2.57. The molecular weight excluding hydrogens is 314 g/mol. The van der Waals surface area contributed by atoms with Crippen molar-refractivity contribution in [1.82, 2.24) is 5.32 Å². The van der Waals surface area contributed by atoms with Gasteiger partial charge in [0.15, 0.2) is 0 Å². The molecule has 2 aromatic rings. The summed E-state index contributed by atoms with van der Waals surface area (Å²) in [5.41, 5.74) is 1.97. The molecule has 0 fully saturated rings. The number of carbonyl (C=O) groups excluding carboxylic acids is 1. The molecule has 5 heteroatoms. The molecule has 2 rings (SSSR count). The first-order chi connectivity index (χ1) is 11.1. The lowest BCUT2D eigenvalue weighted by Gasteiger charge is -2.11. The number of benzene rings is 2. The lowest BCUT2D eigenvalue weighted by Crippen LogP contribution is -2.27. The minimum absolute atomic E-state index is 0.0394. The van der Waals surface area contributed by atoms with E-state index in [0.717, 1.165) is 17.5 Å². The Balaban J connectivity index is 1.86. The monoisotopic (exact) mass is 333 g/mol. The van der Waals surface area contributed by atoms with E-state index in [1.807, 2.05) is 36.4 Å². The van der Waals surface area contributed by atoms with E-state index in [4.69, 9.17) is 21.1 Å². The van der Waals surface area contributed by atoms with Crippen LogP contribution in [0.15, 0.2) is 42.5 Å². The van der Waals surface area contributed by atoms with Crippen LogP contribution in [0.5, 0.6) is 11.5 Å². The standard InChI is InChI=1S/C18H20ClNO3/c1-22-16-8-5-14(17(12-16)23-2)11-18(21)20-10-9-13-3-6-15(19)7-4-13/h3-8,12H,9-11H2,1-2H3,(H,20,21). The summed E-state index contributed by atoms with van der Waals surface area (Å²) < 4.78 is 10.5. The smallest absolute Gasteiger partial charge is 0.224 e. The summed E-state index contributed by atoms with van der Waals surface area (Å²) in [5, 5.41) is 3.63. The van der Waals surface area contributed by atoms with Gasteiger partial charge in [0, 0.05) is 23.2 Å². The summed E-state index contributed by atoms with van der Waals surface area (Å²) >= 11 is 5.85. The number of carbonyl (C=O) groups is 1. The van der Waals surface area contributed by atoms with Gasteiger partial charge in [0.1, 0.15) is 11.5 Å². The van der Waals surface area contributed by atoms with E-state index < -0.39 is 0 Å². The molecule has 1 amide bonds. The highest BCUT2D eigenvalue weighted by molar-refractivity contribution is 6.30. The maximum absolute atomic E-state index is 12.1. The van der Waals surface area contributed by atoms with Crippen LogP contribution >= 0.6 is 11.6 Å². The van der Waals surface area contributed by atoms with Crippen molar-refractivity contribution >= 4 is 17.5 Å². The Morgan fingerprint density at radius 1 is 1.09 bits per heavy atom. The molecule has 0 aliphatic rings. The summed E-state index contributed by atoms with van der Waals surface area (Å²) in [6.07, 6.45) is 1.04. The molecule has 0 aliphatic heterocycles. The van der Waals surface area contributed by atoms with Crippen LogP contribution in [-0.4, -0.2) is 26.7 Å². The van der Waals surface area contributed by atoms with Gasteiger partial charge in [-0.25, -0.2) is 0 Å². The first-order valence-electron chi connectivity index (χ1n) is 7.34. The average molecular weight is 334 g/mol. The van der Waals surface area contributed by atoms with Crippen molar-refractivity contribution in [3.8, 4) is 11.5 Å². The molecule has 0 radical (unpaired) electrons. The van der Waals surface area contributed by atoms with E-state index in [0.29, 0.717) is 23.1 Å². The van der Waals surface area contributed by atoms with Gasteiger partial charge >= 0.3 is 0 Å². The van der Waals surface area contributed by atoms with E-state index in [1.165, 1.54) is 0 Å². The van der Waals surface area contributed by atoms with Crippen LogP contribution in [0.25, 0.3) is 0 Å². The van der Waals surface area contributed by atoms with Crippen LogP contribution < -0.4 is 14.8 Å². The maximum Gasteiger partial charge on any atom is 0.224 e. The fraction of sp³-hybridized carbons (Fsp3) is 0.278. The molecular formula is C18H20ClNO3. The third-order valence-electron chi connectivity index (χ3n) is 3.49. The van der Waals surface area contributed by atoms with Crippen molar-refractivity contribution in [2.45, 2.75) is 12.8 Å². The molecule has 0 unspecified atom stereocenters. The van der Waals surface area contributed by atoms with Gasteiger partial charge in [-0.2, -0.15) is 0 Å². The van der Waals surface area contributed by atoms with Crippen LogP contribution in [0.2, 0.25) is 5.02 Å². The summed E-state index contributed by atoms with van der Waals surface area (Å²) in [6, 6.07) is 13.1. The summed E-state index contributed by atoms with van der Waals surface area (Å²) in [7, 11) is 3.18. The zero-order valence-corrected chi connectivity index (χ0v) is 14.0. The molecule has 0 spiro atoms. The normalized spacial score (nSPS) is 10.2. The van der Waals surface area contributed by atoms with Gasteiger partial charge in [0.25, 0.3) is 0 Å². The number of amides is 1. The second-order valence-corrected chi connectivity index (χ2v) is 5.52. The molecule has 1 N–H and O–H groups in total. The zero-order chi connectivity index (χ0) is 16.7. The molecule has 0 aliphatic carbocycles. The SMILES string of the molecule is COc1ccc(CC(=O)NCCc2ccc(Cl)cc2)c(OC)c1. The van der Waals surface area contributed by atoms with Crippen molar-refractivity contribution in [1.29, 1.82) is 0 Å². The van der Waals surface area contributed by atoms with Crippen LogP contribution in [0, 0.1) is 0 Å². The van der Waals surface area contributed by atoms with Crippen LogP contribution in [-0.2, 0) is 17.6 Å². The lowest BCUT2D eigenvalue weighted by atomic mass is 10.1. The highest BCUT2D eigenvalue weighted by Crippen LogP contribution is 2.24. The minimum Gasteiger partial charge on any atom is -0.497 e. The minimum atomic E-state index is -0.0394. The van der Waals surface area contributed by atoms with Crippen molar-refractivity contribution in [2.24, 2.45) is 0 Å². The third kappa shape index (κ3) is 5.18. The van der Waals surface area contributed by atoms with Crippen LogP contribution in [0.3, 0.4) is 0 Å². The molecule has 0 heterocycles. The highest BCUT2D eigenvalue weighted by atomic mass is 35.5.